The summed E-state index contributed by atoms with van der Waals surface area (Å²) in [5, 5.41) is 2.57. The van der Waals surface area contributed by atoms with Crippen LogP contribution in [-0.4, -0.2) is 35.1 Å². The number of fused-ring (bicyclic) bond motifs is 4. The maximum absolute atomic E-state index is 13.8. The lowest BCUT2D eigenvalue weighted by atomic mass is 10.2. The fourth-order valence-corrected chi connectivity index (χ4v) is 3.22. The van der Waals surface area contributed by atoms with Gasteiger partial charge in [-0.25, -0.2) is 14.2 Å². The number of aromatic nitrogens is 2. The monoisotopic (exact) mass is 333 g/mol. The molecule has 2 aliphatic rings. The van der Waals surface area contributed by atoms with E-state index in [1.807, 2.05) is 4.90 Å². The molecule has 2 amide bonds. The minimum absolute atomic E-state index is 0.00630. The van der Waals surface area contributed by atoms with Crippen LogP contribution < -0.4 is 15.1 Å². The molecule has 1 N–H and O–H groups in total. The van der Waals surface area contributed by atoms with E-state index >= 15 is 0 Å². The number of amides is 2. The molecule has 1 atom stereocenters. The zero-order chi connectivity index (χ0) is 16.0. The first-order valence-corrected chi connectivity index (χ1v) is 7.62. The van der Waals surface area contributed by atoms with Crippen LogP contribution in [0, 0.1) is 5.82 Å². The molecule has 2 aromatic heterocycles. The standard InChI is InChI=1S/C15H13ClFN5O/c16-13-11(17)6-12-14(20-13)22(10-3-5-21(12)8-10)15(23)19-9-2-1-4-18-7-9/h1-2,4,6-7,10H,3,5,8H2,(H,19,23)/t10-/m0/s1. The van der Waals surface area contributed by atoms with E-state index in [1.165, 1.54) is 6.07 Å². The molecule has 2 aliphatic heterocycles. The van der Waals surface area contributed by atoms with Gasteiger partial charge in [-0.1, -0.05) is 11.6 Å². The summed E-state index contributed by atoms with van der Waals surface area (Å²) in [6, 6.07) is 4.51. The van der Waals surface area contributed by atoms with Gasteiger partial charge in [-0.05, 0) is 18.6 Å². The van der Waals surface area contributed by atoms with Crippen LogP contribution in [0.1, 0.15) is 6.42 Å². The van der Waals surface area contributed by atoms with Crippen LogP contribution in [0.4, 0.5) is 26.4 Å². The molecule has 0 unspecified atom stereocenters. The molecule has 4 rings (SSSR count). The maximum Gasteiger partial charge on any atom is 0.327 e. The first kappa shape index (κ1) is 14.2. The average Bonchev–Trinajstić information content (AvgIpc) is 2.96. The molecular formula is C15H13ClFN5O. The minimum atomic E-state index is -0.580. The fourth-order valence-electron chi connectivity index (χ4n) is 3.08. The van der Waals surface area contributed by atoms with Crippen LogP contribution in [0.2, 0.25) is 5.15 Å². The highest BCUT2D eigenvalue weighted by Crippen LogP contribution is 2.40. The Bertz CT molecular complexity index is 772. The smallest absolute Gasteiger partial charge is 0.327 e. The van der Waals surface area contributed by atoms with Crippen LogP contribution in [0.5, 0.6) is 0 Å². The van der Waals surface area contributed by atoms with Crippen LogP contribution in [0.3, 0.4) is 0 Å². The van der Waals surface area contributed by atoms with Gasteiger partial charge in [0.1, 0.15) is 0 Å². The van der Waals surface area contributed by atoms with Crippen molar-refractivity contribution in [3.05, 3.63) is 41.6 Å². The third-order valence-electron chi connectivity index (χ3n) is 4.12. The van der Waals surface area contributed by atoms with Gasteiger partial charge in [0.25, 0.3) is 0 Å². The highest BCUT2D eigenvalue weighted by atomic mass is 35.5. The number of hydrogen-bond acceptors (Lipinski definition) is 4. The Morgan fingerprint density at radius 2 is 2.35 bits per heavy atom. The van der Waals surface area contributed by atoms with Crippen molar-refractivity contribution in [3.63, 3.8) is 0 Å². The SMILES string of the molecule is O=C(Nc1cccnc1)N1c2nc(Cl)c(F)cc2N2CC[C@H]1C2. The molecule has 1 saturated heterocycles. The molecule has 23 heavy (non-hydrogen) atoms. The van der Waals surface area contributed by atoms with E-state index in [-0.39, 0.29) is 17.2 Å². The Morgan fingerprint density at radius 1 is 1.48 bits per heavy atom. The second-order valence-electron chi connectivity index (χ2n) is 5.53. The van der Waals surface area contributed by atoms with Crippen molar-refractivity contribution in [2.45, 2.75) is 12.5 Å². The zero-order valence-corrected chi connectivity index (χ0v) is 12.8. The normalized spacial score (nSPS) is 18.8. The number of pyridine rings is 2. The lowest BCUT2D eigenvalue weighted by molar-refractivity contribution is 0.255. The highest BCUT2D eigenvalue weighted by Gasteiger charge is 2.40. The zero-order valence-electron chi connectivity index (χ0n) is 12.0. The molecule has 0 spiro atoms. The Balaban J connectivity index is 1.72. The predicted molar refractivity (Wildman–Crippen MR) is 85.6 cm³/mol. The van der Waals surface area contributed by atoms with Crippen molar-refractivity contribution >= 4 is 34.8 Å². The largest absolute Gasteiger partial charge is 0.366 e. The molecule has 0 aliphatic carbocycles. The first-order valence-electron chi connectivity index (χ1n) is 7.25. The van der Waals surface area contributed by atoms with E-state index in [0.717, 1.165) is 13.0 Å². The summed E-state index contributed by atoms with van der Waals surface area (Å²) < 4.78 is 13.8. The van der Waals surface area contributed by atoms with Gasteiger partial charge in [-0.3, -0.25) is 9.88 Å². The molecule has 4 heterocycles. The molecule has 0 aromatic carbocycles. The number of halogens is 2. The molecule has 1 fully saturated rings. The Kier molecular flexibility index (Phi) is 3.30. The van der Waals surface area contributed by atoms with E-state index in [1.54, 1.807) is 29.4 Å². The third-order valence-corrected chi connectivity index (χ3v) is 4.39. The second-order valence-corrected chi connectivity index (χ2v) is 5.89. The topological polar surface area (TPSA) is 61.4 Å². The molecule has 0 saturated carbocycles. The Hall–Kier alpha value is -2.41. The van der Waals surface area contributed by atoms with Crippen LogP contribution in [-0.2, 0) is 0 Å². The molecule has 8 heteroatoms. The summed E-state index contributed by atoms with van der Waals surface area (Å²) in [5.74, 6) is -0.185. The molecule has 6 nitrogen and oxygen atoms in total. The summed E-state index contributed by atoms with van der Waals surface area (Å²) in [6.45, 7) is 1.42. The quantitative estimate of drug-likeness (QED) is 0.815. The van der Waals surface area contributed by atoms with Crippen molar-refractivity contribution in [2.75, 3.05) is 28.2 Å². The molecule has 118 valence electrons. The summed E-state index contributed by atoms with van der Waals surface area (Å²) in [7, 11) is 0. The lowest BCUT2D eigenvalue weighted by Gasteiger charge is -2.35. The molecule has 0 radical (unpaired) electrons. The van der Waals surface area contributed by atoms with Crippen molar-refractivity contribution in [3.8, 4) is 0 Å². The third kappa shape index (κ3) is 2.37. The van der Waals surface area contributed by atoms with Gasteiger partial charge in [0.15, 0.2) is 16.8 Å². The van der Waals surface area contributed by atoms with Crippen molar-refractivity contribution in [1.29, 1.82) is 0 Å². The molecule has 2 bridgehead atoms. The summed E-state index contributed by atoms with van der Waals surface area (Å²) in [4.78, 5) is 24.4. The Morgan fingerprint density at radius 3 is 3.13 bits per heavy atom. The van der Waals surface area contributed by atoms with Gasteiger partial charge >= 0.3 is 6.03 Å². The summed E-state index contributed by atoms with van der Waals surface area (Å²) in [5.41, 5.74) is 1.19. The first-order chi connectivity index (χ1) is 11.1. The van der Waals surface area contributed by atoms with Gasteiger partial charge in [0.2, 0.25) is 0 Å². The number of carbonyl (C=O) groups excluding carboxylic acids is 1. The van der Waals surface area contributed by atoms with E-state index in [2.05, 4.69) is 15.3 Å². The summed E-state index contributed by atoms with van der Waals surface area (Å²) in [6.07, 6.45) is 4.00. The van der Waals surface area contributed by atoms with Gasteiger partial charge < -0.3 is 10.2 Å². The number of nitrogens with zero attached hydrogens (tertiary/aromatic N) is 4. The van der Waals surface area contributed by atoms with E-state index < -0.39 is 5.82 Å². The average molecular weight is 334 g/mol. The van der Waals surface area contributed by atoms with Crippen LogP contribution in [0.15, 0.2) is 30.6 Å². The van der Waals surface area contributed by atoms with Crippen molar-refractivity contribution in [2.24, 2.45) is 0 Å². The number of hydrogen-bond donors (Lipinski definition) is 1. The molecule has 2 aromatic rings. The van der Waals surface area contributed by atoms with E-state index in [4.69, 9.17) is 11.6 Å². The number of carbonyl (C=O) groups is 1. The minimum Gasteiger partial charge on any atom is -0.366 e. The number of rotatable bonds is 1. The van der Waals surface area contributed by atoms with Gasteiger partial charge in [0.05, 0.1) is 23.6 Å². The van der Waals surface area contributed by atoms with Gasteiger partial charge in [-0.15, -0.1) is 0 Å². The van der Waals surface area contributed by atoms with Crippen molar-refractivity contribution < 1.29 is 9.18 Å². The number of urea groups is 1. The number of anilines is 3. The second kappa shape index (κ2) is 5.34. The number of nitrogens with one attached hydrogen (secondary N) is 1. The Labute approximate surface area is 136 Å². The van der Waals surface area contributed by atoms with E-state index in [9.17, 15) is 9.18 Å². The predicted octanol–water partition coefficient (Wildman–Crippen LogP) is 2.90. The fraction of sp³-hybridized carbons (Fsp3) is 0.267. The van der Waals surface area contributed by atoms with E-state index in [0.29, 0.717) is 23.7 Å². The highest BCUT2D eigenvalue weighted by molar-refractivity contribution is 6.29. The lowest BCUT2D eigenvalue weighted by Crippen LogP contribution is -2.48. The van der Waals surface area contributed by atoms with Crippen molar-refractivity contribution in [1.82, 2.24) is 9.97 Å². The van der Waals surface area contributed by atoms with Crippen LogP contribution >= 0.6 is 11.6 Å². The van der Waals surface area contributed by atoms with Gasteiger partial charge in [-0.2, -0.15) is 0 Å². The van der Waals surface area contributed by atoms with Crippen LogP contribution in [0.25, 0.3) is 0 Å². The maximum atomic E-state index is 13.8. The molecular weight excluding hydrogens is 321 g/mol. The van der Waals surface area contributed by atoms with Gasteiger partial charge in [0, 0.05) is 25.4 Å². The summed E-state index contributed by atoms with van der Waals surface area (Å²) >= 11 is 5.82.